The number of hydrogen-bond acceptors (Lipinski definition) is 14. The fourth-order valence-electron chi connectivity index (χ4n) is 5.91. The number of carbonyl (C=O) groups is 3. The molecule has 0 spiro atoms. The number of halogens is 2. The minimum Gasteiger partial charge on any atom is -0.508 e. The number of ether oxygens (including phenoxy) is 6. The predicted molar refractivity (Wildman–Crippen MR) is 213 cm³/mol. The molecule has 14 nitrogen and oxygen atoms in total. The van der Waals surface area contributed by atoms with Gasteiger partial charge in [-0.05, 0) is 78.1 Å². The summed E-state index contributed by atoms with van der Waals surface area (Å²) >= 11 is 6.99. The molecule has 0 bridgehead atoms. The van der Waals surface area contributed by atoms with Gasteiger partial charge in [0.15, 0.2) is 6.10 Å². The van der Waals surface area contributed by atoms with Crippen molar-refractivity contribution in [2.45, 2.75) is 137 Å². The lowest BCUT2D eigenvalue weighted by Gasteiger charge is -2.42. The summed E-state index contributed by atoms with van der Waals surface area (Å²) in [5.74, 6) is 0.0113. The van der Waals surface area contributed by atoms with Gasteiger partial charge in [-0.15, -0.1) is 0 Å². The van der Waals surface area contributed by atoms with Crippen molar-refractivity contribution in [3.63, 3.8) is 0 Å². The van der Waals surface area contributed by atoms with Gasteiger partial charge in [0.2, 0.25) is 12.6 Å². The third kappa shape index (κ3) is 13.9. The van der Waals surface area contributed by atoms with Crippen LogP contribution in [0.15, 0.2) is 33.2 Å². The number of esters is 3. The van der Waals surface area contributed by atoms with Gasteiger partial charge in [-0.1, -0.05) is 73.4 Å². The van der Waals surface area contributed by atoms with Crippen LogP contribution in [0.25, 0.3) is 0 Å². The van der Waals surface area contributed by atoms with Crippen molar-refractivity contribution in [3.8, 4) is 11.5 Å². The highest BCUT2D eigenvalue weighted by molar-refractivity contribution is 9.10. The maximum atomic E-state index is 11.2. The zero-order valence-electron chi connectivity index (χ0n) is 33.8. The van der Waals surface area contributed by atoms with Crippen LogP contribution in [0.3, 0.4) is 0 Å². The zero-order valence-corrected chi connectivity index (χ0v) is 37.0. The number of aromatic hydroxyl groups is 1. The molecule has 0 radical (unpaired) electrons. The van der Waals surface area contributed by atoms with Crippen LogP contribution < -0.4 is 4.74 Å². The minimum atomic E-state index is -1.45. The van der Waals surface area contributed by atoms with E-state index in [0.29, 0.717) is 17.4 Å². The van der Waals surface area contributed by atoms with E-state index in [1.165, 1.54) is 20.8 Å². The summed E-state index contributed by atoms with van der Waals surface area (Å²) in [5, 5.41) is 48.3. The van der Waals surface area contributed by atoms with Crippen LogP contribution in [-0.4, -0.2) is 106 Å². The molecule has 2 aromatic carbocycles. The van der Waals surface area contributed by atoms with Gasteiger partial charge in [0, 0.05) is 35.6 Å². The molecular formula is C40H58Br2O14. The Balaban J connectivity index is 0.000000304. The molecular weight excluding hydrogens is 864 g/mol. The van der Waals surface area contributed by atoms with E-state index in [2.05, 4.69) is 45.7 Å². The number of benzene rings is 2. The van der Waals surface area contributed by atoms with E-state index in [1.54, 1.807) is 0 Å². The molecule has 0 aliphatic carbocycles. The number of aliphatic hydroxyl groups is 4. The first kappa shape index (κ1) is 49.3. The monoisotopic (exact) mass is 920 g/mol. The predicted octanol–water partition coefficient (Wildman–Crippen LogP) is 5.69. The average Bonchev–Trinajstić information content (AvgIpc) is 3.10. The Kier molecular flexibility index (Phi) is 19.7. The summed E-state index contributed by atoms with van der Waals surface area (Å²) in [6.45, 7) is 19.2. The average molecular weight is 923 g/mol. The van der Waals surface area contributed by atoms with Crippen LogP contribution in [0.5, 0.6) is 11.5 Å². The summed E-state index contributed by atoms with van der Waals surface area (Å²) < 4.78 is 34.0. The van der Waals surface area contributed by atoms with Crippen molar-refractivity contribution in [2.75, 3.05) is 13.2 Å². The Labute approximate surface area is 346 Å². The van der Waals surface area contributed by atoms with Gasteiger partial charge in [-0.2, -0.15) is 0 Å². The van der Waals surface area contributed by atoms with E-state index in [0.717, 1.165) is 31.2 Å². The van der Waals surface area contributed by atoms with Crippen molar-refractivity contribution in [1.29, 1.82) is 0 Å². The summed E-state index contributed by atoms with van der Waals surface area (Å²) in [4.78, 5) is 33.3. The van der Waals surface area contributed by atoms with E-state index in [4.69, 9.17) is 28.4 Å². The third-order valence-electron chi connectivity index (χ3n) is 9.49. The Morgan fingerprint density at radius 3 is 1.73 bits per heavy atom. The van der Waals surface area contributed by atoms with Gasteiger partial charge in [-0.25, -0.2) is 0 Å². The Hall–Kier alpha value is -2.83. The van der Waals surface area contributed by atoms with Gasteiger partial charge in [0.1, 0.15) is 42.5 Å². The normalized spacial score (nSPS) is 27.3. The number of rotatable bonds is 9. The third-order valence-corrected chi connectivity index (χ3v) is 10.9. The number of phenolic OH excluding ortho intramolecular Hbond substituents is 1. The number of phenols is 1. The molecule has 0 aromatic heterocycles. The molecule has 316 valence electrons. The molecule has 4 unspecified atom stereocenters. The van der Waals surface area contributed by atoms with Crippen LogP contribution in [0.4, 0.5) is 0 Å². The van der Waals surface area contributed by atoms with E-state index in [-0.39, 0.29) is 24.4 Å². The van der Waals surface area contributed by atoms with Crippen molar-refractivity contribution >= 4 is 49.8 Å². The minimum absolute atomic E-state index is 0.0412. The van der Waals surface area contributed by atoms with Crippen LogP contribution in [0.1, 0.15) is 96.4 Å². The number of aliphatic hydroxyl groups excluding tert-OH is 4. The fraction of sp³-hybridized carbons (Fsp3) is 0.625. The maximum absolute atomic E-state index is 11.2. The molecule has 5 N–H and O–H groups in total. The summed E-state index contributed by atoms with van der Waals surface area (Å²) in [7, 11) is 0. The molecule has 2 aromatic rings. The van der Waals surface area contributed by atoms with Crippen LogP contribution in [0.2, 0.25) is 0 Å². The van der Waals surface area contributed by atoms with Gasteiger partial charge in [0.05, 0.1) is 12.7 Å². The number of carbonyl (C=O) groups excluding carboxylic acids is 3. The van der Waals surface area contributed by atoms with Crippen molar-refractivity contribution in [2.24, 2.45) is 11.8 Å². The van der Waals surface area contributed by atoms with Gasteiger partial charge >= 0.3 is 17.9 Å². The SMILES string of the molecule is CC(=O)OCC1O[C@@H](OC(C)=O)C(OC(C)=O)[C@@H](C)[C@@H]1C.Cc1cc(Br)c(C(C)C)cc1O.Cc1cc(Br)c(C(C)C)cc1O[C@@H]1OC(CO)[C@@H](O)[C@H](O)C1O. The van der Waals surface area contributed by atoms with Gasteiger partial charge in [0.25, 0.3) is 0 Å². The highest BCUT2D eigenvalue weighted by Gasteiger charge is 2.46. The van der Waals surface area contributed by atoms with Crippen molar-refractivity contribution in [1.82, 2.24) is 0 Å². The molecule has 2 saturated heterocycles. The smallest absolute Gasteiger partial charge is 0.305 e. The lowest BCUT2D eigenvalue weighted by Crippen LogP contribution is -2.60. The lowest BCUT2D eigenvalue weighted by atomic mass is 9.83. The quantitative estimate of drug-likeness (QED) is 0.151. The molecule has 4 rings (SSSR count). The lowest BCUT2D eigenvalue weighted by molar-refractivity contribution is -0.277. The molecule has 2 fully saturated rings. The number of hydrogen-bond donors (Lipinski definition) is 5. The summed E-state index contributed by atoms with van der Waals surface area (Å²) in [6.07, 6.45) is -8.55. The van der Waals surface area contributed by atoms with E-state index >= 15 is 0 Å². The fourth-order valence-corrected chi connectivity index (χ4v) is 7.74. The molecule has 2 aliphatic heterocycles. The first-order chi connectivity index (χ1) is 26.0. The van der Waals surface area contributed by atoms with E-state index in [9.17, 15) is 39.9 Å². The van der Waals surface area contributed by atoms with Crippen LogP contribution in [0, 0.1) is 25.7 Å². The van der Waals surface area contributed by atoms with Crippen molar-refractivity contribution < 1.29 is 68.3 Å². The second-order valence-corrected chi connectivity index (χ2v) is 16.4. The summed E-state index contributed by atoms with van der Waals surface area (Å²) in [5.41, 5.74) is 3.93. The topological polar surface area (TPSA) is 208 Å². The van der Waals surface area contributed by atoms with Gasteiger partial charge in [-0.3, -0.25) is 14.4 Å². The molecule has 0 amide bonds. The Morgan fingerprint density at radius 1 is 0.714 bits per heavy atom. The second kappa shape index (κ2) is 22.4. The zero-order chi connectivity index (χ0) is 42.8. The largest absolute Gasteiger partial charge is 0.508 e. The molecule has 2 heterocycles. The summed E-state index contributed by atoms with van der Waals surface area (Å²) in [6, 6.07) is 7.54. The standard InChI is InChI=1S/C16H23BrO6.C14H22O7.C10H13BrO/c1-7(2)9-5-11(8(3)4-10(9)17)22-16-15(21)14(20)13(19)12(6-18)23-16;1-7-8(2)13(19-10(4)16)14(20-11(5)17)21-12(7)6-18-9(3)15;1-6(2)8-5-10(12)7(3)4-9(8)11/h4-5,7,12-16,18-21H,6H2,1-3H3;7-8,12-14H,6H2,1-5H3;4-6,12H,1-3H3/t12?,13-,14+,15?,16-;7-,8-,12?,13?,14+;/m10./s1. The van der Waals surface area contributed by atoms with Gasteiger partial charge < -0.3 is 54.0 Å². The Bertz CT molecular complexity index is 1610. The highest BCUT2D eigenvalue weighted by atomic mass is 79.9. The van der Waals surface area contributed by atoms with E-state index in [1.807, 2.05) is 65.8 Å². The Morgan fingerprint density at radius 2 is 1.23 bits per heavy atom. The molecule has 16 heteroatoms. The molecule has 0 saturated carbocycles. The van der Waals surface area contributed by atoms with Crippen LogP contribution in [-0.2, 0) is 38.1 Å². The molecule has 56 heavy (non-hydrogen) atoms. The molecule has 10 atom stereocenters. The van der Waals surface area contributed by atoms with Crippen LogP contribution >= 0.6 is 31.9 Å². The van der Waals surface area contributed by atoms with E-state index < -0.39 is 73.7 Å². The maximum Gasteiger partial charge on any atom is 0.305 e. The highest BCUT2D eigenvalue weighted by Crippen LogP contribution is 2.35. The number of aryl methyl sites for hydroxylation is 2. The van der Waals surface area contributed by atoms with Crippen molar-refractivity contribution in [3.05, 3.63) is 55.5 Å². The first-order valence-corrected chi connectivity index (χ1v) is 20.0. The second-order valence-electron chi connectivity index (χ2n) is 14.7. The molecule has 2 aliphatic rings. The first-order valence-electron chi connectivity index (χ1n) is 18.4.